The number of hydrogen-bond donors (Lipinski definition) is 4. The van der Waals surface area contributed by atoms with Gasteiger partial charge < -0.3 is 31.3 Å². The first-order chi connectivity index (χ1) is 16.8. The Morgan fingerprint density at radius 2 is 1.64 bits per heavy atom. The second-order valence-electron chi connectivity index (χ2n) is 7.85. The van der Waals surface area contributed by atoms with Gasteiger partial charge in [-0.1, -0.05) is 36.4 Å². The summed E-state index contributed by atoms with van der Waals surface area (Å²) in [5, 5.41) is 16.7. The molecular weight excluding hydrogens is 468 g/mol. The third kappa shape index (κ3) is 7.26. The average molecular weight is 497 g/mol. The molecule has 11 nitrogen and oxygen atoms in total. The predicted molar refractivity (Wildman–Crippen MR) is 132 cm³/mol. The molecule has 0 spiro atoms. The summed E-state index contributed by atoms with van der Waals surface area (Å²) in [5.74, 6) is -2.67. The van der Waals surface area contributed by atoms with Gasteiger partial charge in [0.05, 0.1) is 6.54 Å². The van der Waals surface area contributed by atoms with E-state index in [9.17, 15) is 19.2 Å². The number of nitrogens with zero attached hydrogens (tertiary/aromatic N) is 2. The van der Waals surface area contributed by atoms with Crippen LogP contribution in [0.25, 0.3) is 10.9 Å². The second-order valence-corrected chi connectivity index (χ2v) is 7.85. The molecule has 36 heavy (non-hydrogen) atoms. The molecule has 4 rings (SSSR count). The van der Waals surface area contributed by atoms with Crippen LogP contribution in [0.3, 0.4) is 0 Å². The molecule has 7 N–H and O–H groups in total. The Morgan fingerprint density at radius 1 is 0.972 bits per heavy atom. The van der Waals surface area contributed by atoms with E-state index < -0.39 is 11.9 Å². The molecule has 0 atom stereocenters. The monoisotopic (exact) mass is 496 g/mol. The van der Waals surface area contributed by atoms with Gasteiger partial charge in [-0.15, -0.1) is 0 Å². The van der Waals surface area contributed by atoms with E-state index in [0.717, 1.165) is 28.5 Å². The van der Waals surface area contributed by atoms with Crippen LogP contribution >= 0.6 is 0 Å². The molecule has 0 radical (unpaired) electrons. The van der Waals surface area contributed by atoms with Crippen LogP contribution in [0.4, 0.5) is 4.79 Å². The normalized spacial score (nSPS) is 13.0. The van der Waals surface area contributed by atoms with E-state index in [2.05, 4.69) is 11.1 Å². The number of nitrogens with two attached hydrogens (primary N) is 1. The van der Waals surface area contributed by atoms with E-state index in [4.69, 9.17) is 15.9 Å². The van der Waals surface area contributed by atoms with Crippen molar-refractivity contribution in [2.45, 2.75) is 19.5 Å². The number of carboxylic acids is 2. The number of aromatic nitrogens is 1. The van der Waals surface area contributed by atoms with Gasteiger partial charge in [0.2, 0.25) is 0 Å². The number of carboxylic acid groups (broad SMARTS) is 2. The van der Waals surface area contributed by atoms with Crippen LogP contribution in [0.15, 0.2) is 66.9 Å². The van der Waals surface area contributed by atoms with Crippen LogP contribution in [0, 0.1) is 0 Å². The minimum absolute atomic E-state index is 0. The SMILES string of the molecule is NCCc1c[nH]c2ccc(CN3CC(=O)N(Cc4ccccc4)C3=O)cc12.O.O=C(O)C=CC(=O)O. The Labute approximate surface area is 206 Å². The lowest BCUT2D eigenvalue weighted by molar-refractivity contribution is -0.134. The molecule has 1 saturated heterocycles. The lowest BCUT2D eigenvalue weighted by atomic mass is 10.1. The van der Waals surface area contributed by atoms with Gasteiger partial charge in [-0.2, -0.15) is 0 Å². The molecule has 1 aliphatic heterocycles. The number of aliphatic carboxylic acids is 2. The van der Waals surface area contributed by atoms with Gasteiger partial charge in [-0.3, -0.25) is 9.69 Å². The fourth-order valence-corrected chi connectivity index (χ4v) is 3.69. The van der Waals surface area contributed by atoms with Gasteiger partial charge in [0.15, 0.2) is 0 Å². The number of H-pyrrole nitrogens is 1. The fourth-order valence-electron chi connectivity index (χ4n) is 3.69. The molecule has 2 heterocycles. The third-order valence-corrected chi connectivity index (χ3v) is 5.30. The van der Waals surface area contributed by atoms with Crippen molar-refractivity contribution in [3.8, 4) is 0 Å². The maximum absolute atomic E-state index is 12.7. The van der Waals surface area contributed by atoms with Crippen LogP contribution in [-0.2, 0) is 33.9 Å². The molecule has 1 fully saturated rings. The molecule has 3 amide bonds. The van der Waals surface area contributed by atoms with Crippen molar-refractivity contribution >= 4 is 34.8 Å². The predicted octanol–water partition coefficient (Wildman–Crippen LogP) is 1.52. The highest BCUT2D eigenvalue weighted by atomic mass is 16.4. The highest BCUT2D eigenvalue weighted by molar-refractivity contribution is 6.02. The zero-order valence-corrected chi connectivity index (χ0v) is 19.4. The van der Waals surface area contributed by atoms with E-state index in [1.807, 2.05) is 48.7 Å². The number of hydrogen-bond acceptors (Lipinski definition) is 5. The molecular formula is C25H28N4O7. The number of fused-ring (bicyclic) bond motifs is 1. The first kappa shape index (κ1) is 27.8. The van der Waals surface area contributed by atoms with Gasteiger partial charge >= 0.3 is 18.0 Å². The number of carbonyl (C=O) groups is 4. The summed E-state index contributed by atoms with van der Waals surface area (Å²) in [6, 6.07) is 15.4. The van der Waals surface area contributed by atoms with Crippen molar-refractivity contribution in [1.82, 2.24) is 14.8 Å². The van der Waals surface area contributed by atoms with E-state index in [1.165, 1.54) is 10.5 Å². The molecule has 3 aromatic rings. The summed E-state index contributed by atoms with van der Waals surface area (Å²) in [5.41, 5.74) is 9.85. The van der Waals surface area contributed by atoms with E-state index >= 15 is 0 Å². The molecule has 1 aliphatic rings. The number of amides is 3. The zero-order valence-electron chi connectivity index (χ0n) is 19.4. The van der Waals surface area contributed by atoms with E-state index in [1.54, 1.807) is 4.90 Å². The smallest absolute Gasteiger partial charge is 0.328 e. The largest absolute Gasteiger partial charge is 0.478 e. The molecule has 190 valence electrons. The van der Waals surface area contributed by atoms with Crippen molar-refractivity contribution in [1.29, 1.82) is 0 Å². The van der Waals surface area contributed by atoms with Gasteiger partial charge in [-0.05, 0) is 41.8 Å². The Hall–Kier alpha value is -4.48. The van der Waals surface area contributed by atoms with Crippen molar-refractivity contribution < 1.29 is 34.9 Å². The van der Waals surface area contributed by atoms with E-state index in [0.29, 0.717) is 31.8 Å². The Balaban J connectivity index is 0.000000442. The molecule has 1 aromatic heterocycles. The number of benzene rings is 2. The van der Waals surface area contributed by atoms with Crippen LogP contribution < -0.4 is 5.73 Å². The molecule has 0 saturated carbocycles. The summed E-state index contributed by atoms with van der Waals surface area (Å²) in [6.45, 7) is 1.43. The molecule has 0 bridgehead atoms. The average Bonchev–Trinajstić information content (AvgIpc) is 3.34. The highest BCUT2D eigenvalue weighted by Gasteiger charge is 2.35. The Kier molecular flexibility index (Phi) is 9.90. The second kappa shape index (κ2) is 12.8. The molecule has 11 heteroatoms. The molecule has 0 unspecified atom stereocenters. The summed E-state index contributed by atoms with van der Waals surface area (Å²) >= 11 is 0. The maximum atomic E-state index is 12.7. The van der Waals surface area contributed by atoms with Crippen LogP contribution in [0.2, 0.25) is 0 Å². The van der Waals surface area contributed by atoms with Crippen molar-refractivity contribution in [3.05, 3.63) is 83.6 Å². The van der Waals surface area contributed by atoms with Gasteiger partial charge in [0, 0.05) is 35.8 Å². The van der Waals surface area contributed by atoms with Crippen molar-refractivity contribution in [2.75, 3.05) is 13.1 Å². The lowest BCUT2D eigenvalue weighted by Crippen LogP contribution is -2.32. The Bertz CT molecular complexity index is 1240. The summed E-state index contributed by atoms with van der Waals surface area (Å²) < 4.78 is 0. The minimum atomic E-state index is -1.26. The number of imide groups is 1. The maximum Gasteiger partial charge on any atom is 0.328 e. The fraction of sp³-hybridized carbons (Fsp3) is 0.200. The lowest BCUT2D eigenvalue weighted by Gasteiger charge is -2.17. The van der Waals surface area contributed by atoms with Crippen LogP contribution in [-0.4, -0.2) is 67.4 Å². The number of urea groups is 1. The zero-order chi connectivity index (χ0) is 25.4. The molecule has 0 aliphatic carbocycles. The Morgan fingerprint density at radius 3 is 2.25 bits per heavy atom. The van der Waals surface area contributed by atoms with Crippen molar-refractivity contribution in [3.63, 3.8) is 0 Å². The van der Waals surface area contributed by atoms with Gasteiger partial charge in [0.25, 0.3) is 5.91 Å². The summed E-state index contributed by atoms with van der Waals surface area (Å²) in [7, 11) is 0. The number of nitrogens with one attached hydrogen (secondary N) is 1. The summed E-state index contributed by atoms with van der Waals surface area (Å²) in [4.78, 5) is 50.3. The van der Waals surface area contributed by atoms with Gasteiger partial charge in [0.1, 0.15) is 6.54 Å². The first-order valence-electron chi connectivity index (χ1n) is 10.8. The van der Waals surface area contributed by atoms with Crippen LogP contribution in [0.5, 0.6) is 0 Å². The number of rotatable bonds is 8. The molecule has 2 aromatic carbocycles. The minimum Gasteiger partial charge on any atom is -0.478 e. The van der Waals surface area contributed by atoms with Crippen LogP contribution in [0.1, 0.15) is 16.7 Å². The van der Waals surface area contributed by atoms with Gasteiger partial charge in [-0.25, -0.2) is 14.4 Å². The first-order valence-corrected chi connectivity index (χ1v) is 10.8. The van der Waals surface area contributed by atoms with E-state index in [-0.39, 0.29) is 24.0 Å². The number of aromatic amines is 1. The highest BCUT2D eigenvalue weighted by Crippen LogP contribution is 2.23. The van der Waals surface area contributed by atoms with Crippen molar-refractivity contribution in [2.24, 2.45) is 5.73 Å². The quantitative estimate of drug-likeness (QED) is 0.268. The summed E-state index contributed by atoms with van der Waals surface area (Å²) in [6.07, 6.45) is 3.90. The standard InChI is InChI=1S/C21H22N4O2.C4H4O4.H2O/c22-9-8-17-11-23-19-7-6-16(10-18(17)19)12-24-14-20(26)25(21(24)27)13-15-4-2-1-3-5-15;5-3(6)1-2-4(7)8;/h1-7,10-11,23H,8-9,12-14,22H2;1-2H,(H,5,6)(H,7,8);1H2. The number of carbonyl (C=O) groups excluding carboxylic acids is 2. The topological polar surface area (TPSA) is 189 Å². The third-order valence-electron chi connectivity index (χ3n) is 5.30.